The third kappa shape index (κ3) is 4.67. The van der Waals surface area contributed by atoms with Gasteiger partial charge in [-0.2, -0.15) is 11.8 Å². The summed E-state index contributed by atoms with van der Waals surface area (Å²) in [5.74, 6) is 0.132. The van der Waals surface area contributed by atoms with Crippen molar-refractivity contribution in [1.82, 2.24) is 15.1 Å². The van der Waals surface area contributed by atoms with Gasteiger partial charge in [0.25, 0.3) is 0 Å². The Bertz CT molecular complexity index is 473. The average molecular weight is 328 g/mol. The number of thioether (sulfide) groups is 1. The summed E-state index contributed by atoms with van der Waals surface area (Å²) in [5.41, 5.74) is 1.59. The molecular weight excluding hydrogens is 308 g/mol. The number of hydrogen-bond acceptors (Lipinski definition) is 6. The Labute approximate surface area is 132 Å². The molecule has 21 heavy (non-hydrogen) atoms. The van der Waals surface area contributed by atoms with Gasteiger partial charge in [0.15, 0.2) is 0 Å². The van der Waals surface area contributed by atoms with Crippen LogP contribution in [0.2, 0.25) is 0 Å². The Kier molecular flexibility index (Phi) is 5.98. The van der Waals surface area contributed by atoms with Crippen LogP contribution in [0.1, 0.15) is 26.2 Å². The molecule has 0 spiro atoms. The molecule has 1 atom stereocenters. The molecule has 0 saturated carbocycles. The van der Waals surface area contributed by atoms with E-state index in [1.165, 1.54) is 11.3 Å². The predicted octanol–water partition coefficient (Wildman–Crippen LogP) is 1.86. The van der Waals surface area contributed by atoms with Gasteiger partial charge in [-0.3, -0.25) is 9.59 Å². The van der Waals surface area contributed by atoms with Gasteiger partial charge < -0.3 is 10.2 Å². The molecular formula is C13H20N4O2S2. The zero-order valence-corrected chi connectivity index (χ0v) is 13.9. The average Bonchev–Trinajstić information content (AvgIpc) is 3.00. The van der Waals surface area contributed by atoms with Crippen LogP contribution in [0.15, 0.2) is 5.51 Å². The molecule has 1 fully saturated rings. The fourth-order valence-electron chi connectivity index (χ4n) is 2.28. The third-order valence-electron chi connectivity index (χ3n) is 3.67. The highest BCUT2D eigenvalue weighted by atomic mass is 32.2. The van der Waals surface area contributed by atoms with Crippen molar-refractivity contribution >= 4 is 40.0 Å². The number of carbonyl (C=O) groups is 2. The van der Waals surface area contributed by atoms with E-state index < -0.39 is 0 Å². The van der Waals surface area contributed by atoms with Crippen LogP contribution in [0.3, 0.4) is 0 Å². The maximum absolute atomic E-state index is 12.1. The molecule has 116 valence electrons. The summed E-state index contributed by atoms with van der Waals surface area (Å²) in [4.78, 5) is 26.1. The lowest BCUT2D eigenvalue weighted by Crippen LogP contribution is -2.42. The van der Waals surface area contributed by atoms with Gasteiger partial charge in [-0.15, -0.1) is 10.2 Å². The van der Waals surface area contributed by atoms with E-state index in [1.807, 2.05) is 11.2 Å². The number of hydrogen-bond donors (Lipinski definition) is 1. The Hall–Kier alpha value is -1.15. The fraction of sp³-hybridized carbons (Fsp3) is 0.692. The van der Waals surface area contributed by atoms with E-state index in [0.29, 0.717) is 42.7 Å². The summed E-state index contributed by atoms with van der Waals surface area (Å²) >= 11 is 3.01. The van der Waals surface area contributed by atoms with Crippen LogP contribution in [0.5, 0.6) is 0 Å². The SMILES string of the molecule is CS[C@@H](C)CC(=O)N1CCC(C(=O)Nc2nncs2)CC1. The zero-order valence-electron chi connectivity index (χ0n) is 12.2. The van der Waals surface area contributed by atoms with E-state index in [9.17, 15) is 9.59 Å². The summed E-state index contributed by atoms with van der Waals surface area (Å²) in [7, 11) is 0. The van der Waals surface area contributed by atoms with E-state index in [1.54, 1.807) is 17.3 Å². The Morgan fingerprint density at radius 1 is 1.52 bits per heavy atom. The van der Waals surface area contributed by atoms with Gasteiger partial charge in [-0.25, -0.2) is 0 Å². The number of anilines is 1. The maximum atomic E-state index is 12.1. The van der Waals surface area contributed by atoms with Crippen molar-refractivity contribution in [2.75, 3.05) is 24.7 Å². The number of carbonyl (C=O) groups excluding carboxylic acids is 2. The topological polar surface area (TPSA) is 75.2 Å². The molecule has 8 heteroatoms. The lowest BCUT2D eigenvalue weighted by molar-refractivity contribution is -0.134. The number of aromatic nitrogens is 2. The largest absolute Gasteiger partial charge is 0.343 e. The number of piperidine rings is 1. The standard InChI is InChI=1S/C13H20N4O2S2/c1-9(20-2)7-11(18)17-5-3-10(4-6-17)12(19)15-13-16-14-8-21-13/h8-10H,3-7H2,1-2H3,(H,15,16,19)/t9-/m0/s1. The molecule has 1 saturated heterocycles. The summed E-state index contributed by atoms with van der Waals surface area (Å²) in [6.07, 6.45) is 4.01. The van der Waals surface area contributed by atoms with Crippen LogP contribution >= 0.6 is 23.1 Å². The molecule has 1 aliphatic rings. The van der Waals surface area contributed by atoms with Crippen molar-refractivity contribution in [2.45, 2.75) is 31.4 Å². The molecule has 2 rings (SSSR count). The van der Waals surface area contributed by atoms with Crippen LogP contribution in [0.4, 0.5) is 5.13 Å². The quantitative estimate of drug-likeness (QED) is 0.893. The van der Waals surface area contributed by atoms with Gasteiger partial charge in [-0.05, 0) is 19.1 Å². The number of rotatable bonds is 5. The van der Waals surface area contributed by atoms with Crippen molar-refractivity contribution in [2.24, 2.45) is 5.92 Å². The van der Waals surface area contributed by atoms with Crippen molar-refractivity contribution in [1.29, 1.82) is 0 Å². The van der Waals surface area contributed by atoms with E-state index in [4.69, 9.17) is 0 Å². The molecule has 6 nitrogen and oxygen atoms in total. The minimum Gasteiger partial charge on any atom is -0.343 e. The molecule has 0 aromatic carbocycles. The second-order valence-electron chi connectivity index (χ2n) is 5.14. The van der Waals surface area contributed by atoms with Crippen molar-refractivity contribution in [3.63, 3.8) is 0 Å². The first kappa shape index (κ1) is 16.2. The highest BCUT2D eigenvalue weighted by molar-refractivity contribution is 7.99. The molecule has 0 aliphatic carbocycles. The summed E-state index contributed by atoms with van der Waals surface area (Å²) in [6, 6.07) is 0. The highest BCUT2D eigenvalue weighted by Gasteiger charge is 2.28. The minimum atomic E-state index is -0.0454. The van der Waals surface area contributed by atoms with Gasteiger partial charge >= 0.3 is 0 Å². The Balaban J connectivity index is 1.77. The molecule has 0 radical (unpaired) electrons. The summed E-state index contributed by atoms with van der Waals surface area (Å²) in [6.45, 7) is 3.38. The Morgan fingerprint density at radius 3 is 2.81 bits per heavy atom. The van der Waals surface area contributed by atoms with Crippen LogP contribution in [-0.4, -0.2) is 51.5 Å². The van der Waals surface area contributed by atoms with Gasteiger partial charge in [0.1, 0.15) is 5.51 Å². The normalized spacial score (nSPS) is 17.5. The fourth-order valence-corrected chi connectivity index (χ4v) is 3.04. The van der Waals surface area contributed by atoms with E-state index in [0.717, 1.165) is 0 Å². The van der Waals surface area contributed by atoms with Crippen molar-refractivity contribution in [3.8, 4) is 0 Å². The monoisotopic (exact) mass is 328 g/mol. The maximum Gasteiger partial charge on any atom is 0.229 e. The lowest BCUT2D eigenvalue weighted by Gasteiger charge is -2.31. The van der Waals surface area contributed by atoms with Crippen LogP contribution in [0.25, 0.3) is 0 Å². The molecule has 1 N–H and O–H groups in total. The van der Waals surface area contributed by atoms with Gasteiger partial charge in [0, 0.05) is 30.7 Å². The molecule has 1 aliphatic heterocycles. The van der Waals surface area contributed by atoms with Crippen molar-refractivity contribution in [3.05, 3.63) is 5.51 Å². The molecule has 0 bridgehead atoms. The second-order valence-corrected chi connectivity index (χ2v) is 7.25. The summed E-state index contributed by atoms with van der Waals surface area (Å²) < 4.78 is 0. The number of nitrogens with one attached hydrogen (secondary N) is 1. The molecule has 2 heterocycles. The van der Waals surface area contributed by atoms with Crippen LogP contribution in [-0.2, 0) is 9.59 Å². The van der Waals surface area contributed by atoms with E-state index >= 15 is 0 Å². The first-order chi connectivity index (χ1) is 10.1. The molecule has 2 amide bonds. The van der Waals surface area contributed by atoms with Crippen LogP contribution in [0, 0.1) is 5.92 Å². The molecule has 0 unspecified atom stereocenters. The first-order valence-electron chi connectivity index (χ1n) is 6.97. The predicted molar refractivity (Wildman–Crippen MR) is 85.4 cm³/mol. The zero-order chi connectivity index (χ0) is 15.2. The Morgan fingerprint density at radius 2 is 2.24 bits per heavy atom. The highest BCUT2D eigenvalue weighted by Crippen LogP contribution is 2.21. The van der Waals surface area contributed by atoms with E-state index in [2.05, 4.69) is 22.4 Å². The lowest BCUT2D eigenvalue weighted by atomic mass is 9.95. The minimum absolute atomic E-state index is 0.0173. The smallest absolute Gasteiger partial charge is 0.229 e. The number of nitrogens with zero attached hydrogens (tertiary/aromatic N) is 3. The van der Waals surface area contributed by atoms with Gasteiger partial charge in [0.05, 0.1) is 0 Å². The van der Waals surface area contributed by atoms with E-state index in [-0.39, 0.29) is 17.7 Å². The van der Waals surface area contributed by atoms with Crippen molar-refractivity contribution < 1.29 is 9.59 Å². The van der Waals surface area contributed by atoms with Gasteiger partial charge in [-0.1, -0.05) is 18.3 Å². The van der Waals surface area contributed by atoms with Gasteiger partial charge in [0.2, 0.25) is 16.9 Å². The van der Waals surface area contributed by atoms with Crippen LogP contribution < -0.4 is 5.32 Å². The number of likely N-dealkylation sites (tertiary alicyclic amines) is 1. The number of amides is 2. The second kappa shape index (κ2) is 7.74. The third-order valence-corrected chi connectivity index (χ3v) is 5.25. The molecule has 1 aromatic rings. The molecule has 1 aromatic heterocycles. The summed E-state index contributed by atoms with van der Waals surface area (Å²) in [5, 5.41) is 11.2. The first-order valence-corrected chi connectivity index (χ1v) is 9.14.